The van der Waals surface area contributed by atoms with Crippen molar-refractivity contribution in [3.8, 4) is 0 Å². The molecule has 10 heavy (non-hydrogen) atoms. The lowest BCUT2D eigenvalue weighted by Gasteiger charge is -2.26. The highest BCUT2D eigenvalue weighted by Gasteiger charge is 2.22. The smallest absolute Gasteiger partial charge is 0.124 e. The fourth-order valence-corrected chi connectivity index (χ4v) is 1.36. The first kappa shape index (κ1) is 7.61. The van der Waals surface area contributed by atoms with Crippen molar-refractivity contribution in [3.05, 3.63) is 12.8 Å². The van der Waals surface area contributed by atoms with Gasteiger partial charge >= 0.3 is 0 Å². The van der Waals surface area contributed by atoms with E-state index in [1.54, 1.807) is 0 Å². The van der Waals surface area contributed by atoms with Crippen LogP contribution in [0.5, 0.6) is 0 Å². The Hall–Kier alpha value is -0.500. The molecule has 58 valence electrons. The first-order chi connectivity index (χ1) is 4.84. The van der Waals surface area contributed by atoms with Crippen molar-refractivity contribution in [2.75, 3.05) is 0 Å². The third-order valence-electron chi connectivity index (χ3n) is 1.94. The Balaban J connectivity index is 2.32. The summed E-state index contributed by atoms with van der Waals surface area (Å²) in [5.74, 6) is 0. The van der Waals surface area contributed by atoms with E-state index in [0.29, 0.717) is 0 Å². The number of aliphatic hydroxyl groups excluding tert-OH is 1. The van der Waals surface area contributed by atoms with Gasteiger partial charge in [-0.2, -0.15) is 0 Å². The van der Waals surface area contributed by atoms with Crippen LogP contribution in [0.4, 0.5) is 0 Å². The quantitative estimate of drug-likeness (QED) is 0.591. The lowest BCUT2D eigenvalue weighted by molar-refractivity contribution is -0.0174. The molecule has 1 rings (SSSR count). The van der Waals surface area contributed by atoms with Gasteiger partial charge in [0.15, 0.2) is 0 Å². The molecular weight excluding hydrogens is 128 g/mol. The van der Waals surface area contributed by atoms with Crippen molar-refractivity contribution in [1.82, 2.24) is 0 Å². The molecule has 1 saturated carbocycles. The highest BCUT2D eigenvalue weighted by molar-refractivity contribution is 4.76. The van der Waals surface area contributed by atoms with Crippen LogP contribution >= 0.6 is 0 Å². The summed E-state index contributed by atoms with van der Waals surface area (Å²) < 4.78 is 5.11. The van der Waals surface area contributed by atoms with Crippen molar-refractivity contribution >= 4 is 0 Å². The molecule has 1 aliphatic rings. The first-order valence-electron chi connectivity index (χ1n) is 3.79. The Labute approximate surface area is 61.5 Å². The van der Waals surface area contributed by atoms with Crippen LogP contribution in [0, 0.1) is 0 Å². The number of aliphatic hydroxyl groups is 1. The Morgan fingerprint density at radius 3 is 2.70 bits per heavy atom. The van der Waals surface area contributed by atoms with Crippen LogP contribution < -0.4 is 0 Å². The molecule has 0 radical (unpaired) electrons. The Morgan fingerprint density at radius 1 is 1.40 bits per heavy atom. The van der Waals surface area contributed by atoms with Gasteiger partial charge in [-0.15, -0.1) is 0 Å². The molecule has 0 aromatic carbocycles. The fraction of sp³-hybridized carbons (Fsp3) is 0.750. The molecule has 2 atom stereocenters. The van der Waals surface area contributed by atoms with Crippen LogP contribution in [-0.4, -0.2) is 17.3 Å². The first-order valence-corrected chi connectivity index (χ1v) is 3.79. The van der Waals surface area contributed by atoms with Crippen molar-refractivity contribution < 1.29 is 9.84 Å². The summed E-state index contributed by atoms with van der Waals surface area (Å²) in [6.07, 6.45) is 5.27. The topological polar surface area (TPSA) is 29.5 Å². The van der Waals surface area contributed by atoms with E-state index in [4.69, 9.17) is 4.74 Å². The molecule has 0 aromatic heterocycles. The van der Waals surface area contributed by atoms with E-state index in [-0.39, 0.29) is 12.2 Å². The summed E-state index contributed by atoms with van der Waals surface area (Å²) in [7, 11) is 0. The number of ether oxygens (including phenoxy) is 1. The second-order valence-electron chi connectivity index (χ2n) is 2.69. The number of hydrogen-bond acceptors (Lipinski definition) is 2. The molecule has 0 saturated heterocycles. The minimum Gasteiger partial charge on any atom is -0.496 e. The fourth-order valence-electron chi connectivity index (χ4n) is 1.36. The van der Waals surface area contributed by atoms with Crippen molar-refractivity contribution in [3.63, 3.8) is 0 Å². The van der Waals surface area contributed by atoms with E-state index in [9.17, 15) is 5.11 Å². The van der Waals surface area contributed by atoms with Gasteiger partial charge in [0.2, 0.25) is 0 Å². The predicted molar refractivity (Wildman–Crippen MR) is 39.5 cm³/mol. The van der Waals surface area contributed by atoms with Crippen LogP contribution in [0.2, 0.25) is 0 Å². The molecule has 2 nitrogen and oxygen atoms in total. The van der Waals surface area contributed by atoms with Crippen molar-refractivity contribution in [2.45, 2.75) is 37.9 Å². The van der Waals surface area contributed by atoms with E-state index in [0.717, 1.165) is 25.7 Å². The van der Waals surface area contributed by atoms with Crippen molar-refractivity contribution in [1.29, 1.82) is 0 Å². The van der Waals surface area contributed by atoms with Gasteiger partial charge in [0, 0.05) is 0 Å². The van der Waals surface area contributed by atoms with Gasteiger partial charge in [-0.05, 0) is 19.3 Å². The van der Waals surface area contributed by atoms with Gasteiger partial charge in [0.1, 0.15) is 6.10 Å². The molecule has 0 heterocycles. The summed E-state index contributed by atoms with van der Waals surface area (Å²) in [6, 6.07) is 0. The summed E-state index contributed by atoms with van der Waals surface area (Å²) in [4.78, 5) is 0. The van der Waals surface area contributed by atoms with Crippen LogP contribution in [0.15, 0.2) is 12.8 Å². The third kappa shape index (κ3) is 1.74. The van der Waals surface area contributed by atoms with E-state index in [2.05, 4.69) is 6.58 Å². The minimum absolute atomic E-state index is 0.00579. The summed E-state index contributed by atoms with van der Waals surface area (Å²) in [6.45, 7) is 3.46. The molecule has 0 aromatic rings. The van der Waals surface area contributed by atoms with Crippen LogP contribution in [0.1, 0.15) is 25.7 Å². The van der Waals surface area contributed by atoms with Gasteiger partial charge in [-0.3, -0.25) is 0 Å². The third-order valence-corrected chi connectivity index (χ3v) is 1.94. The standard InChI is InChI=1S/C8H14O2/c1-2-10-8-6-4-3-5-7(8)9/h2,7-9H,1,3-6H2/t7-,8+/m0/s1. The summed E-state index contributed by atoms with van der Waals surface area (Å²) >= 11 is 0. The summed E-state index contributed by atoms with van der Waals surface area (Å²) in [5, 5.41) is 9.33. The normalized spacial score (nSPS) is 33.3. The van der Waals surface area contributed by atoms with Gasteiger partial charge in [-0.1, -0.05) is 13.0 Å². The molecule has 0 amide bonds. The van der Waals surface area contributed by atoms with Gasteiger partial charge in [0.25, 0.3) is 0 Å². The molecule has 0 aliphatic heterocycles. The van der Waals surface area contributed by atoms with E-state index in [1.807, 2.05) is 0 Å². The van der Waals surface area contributed by atoms with E-state index >= 15 is 0 Å². The predicted octanol–water partition coefficient (Wildman–Crippen LogP) is 1.45. The van der Waals surface area contributed by atoms with E-state index in [1.165, 1.54) is 6.26 Å². The zero-order valence-corrected chi connectivity index (χ0v) is 6.12. The zero-order chi connectivity index (χ0) is 7.40. The highest BCUT2D eigenvalue weighted by atomic mass is 16.5. The molecule has 0 unspecified atom stereocenters. The van der Waals surface area contributed by atoms with Crippen LogP contribution in [0.3, 0.4) is 0 Å². The Bertz CT molecular complexity index is 112. The van der Waals surface area contributed by atoms with Crippen molar-refractivity contribution in [2.24, 2.45) is 0 Å². The molecule has 1 N–H and O–H groups in total. The maximum Gasteiger partial charge on any atom is 0.124 e. The molecule has 0 bridgehead atoms. The van der Waals surface area contributed by atoms with E-state index < -0.39 is 0 Å². The lowest BCUT2D eigenvalue weighted by atomic mass is 9.95. The second-order valence-corrected chi connectivity index (χ2v) is 2.69. The maximum atomic E-state index is 9.33. The lowest BCUT2D eigenvalue weighted by Crippen LogP contribution is -2.30. The van der Waals surface area contributed by atoms with Gasteiger partial charge in [-0.25, -0.2) is 0 Å². The minimum atomic E-state index is -0.272. The Kier molecular flexibility index (Phi) is 2.75. The average molecular weight is 142 g/mol. The monoisotopic (exact) mass is 142 g/mol. The second kappa shape index (κ2) is 3.62. The number of rotatable bonds is 2. The number of hydrogen-bond donors (Lipinski definition) is 1. The molecule has 2 heteroatoms. The SMILES string of the molecule is C=CO[C@@H]1CCCC[C@@H]1O. The van der Waals surface area contributed by atoms with Gasteiger partial charge in [0.05, 0.1) is 12.4 Å². The summed E-state index contributed by atoms with van der Waals surface area (Å²) in [5.41, 5.74) is 0. The Morgan fingerprint density at radius 2 is 2.10 bits per heavy atom. The molecule has 0 spiro atoms. The average Bonchev–Trinajstić information content (AvgIpc) is 1.94. The van der Waals surface area contributed by atoms with Crippen LogP contribution in [-0.2, 0) is 4.74 Å². The highest BCUT2D eigenvalue weighted by Crippen LogP contribution is 2.20. The largest absolute Gasteiger partial charge is 0.496 e. The van der Waals surface area contributed by atoms with Crippen LogP contribution in [0.25, 0.3) is 0 Å². The molecule has 1 fully saturated rings. The molecular formula is C8H14O2. The van der Waals surface area contributed by atoms with Gasteiger partial charge < -0.3 is 9.84 Å². The zero-order valence-electron chi connectivity index (χ0n) is 6.12. The maximum absolute atomic E-state index is 9.33. The molecule has 1 aliphatic carbocycles.